The Kier molecular flexibility index (Phi) is 4.20. The highest BCUT2D eigenvalue weighted by molar-refractivity contribution is 5.77. The molecular weight excluding hydrogens is 363 g/mol. The van der Waals surface area contributed by atoms with Crippen molar-refractivity contribution in [2.75, 3.05) is 37.7 Å². The maximum absolute atomic E-state index is 14.0. The topological polar surface area (TPSA) is 90.4 Å². The van der Waals surface area contributed by atoms with Crippen molar-refractivity contribution in [1.29, 1.82) is 0 Å². The fourth-order valence-corrected chi connectivity index (χ4v) is 5.08. The van der Waals surface area contributed by atoms with Crippen LogP contribution in [0.15, 0.2) is 6.33 Å². The summed E-state index contributed by atoms with van der Waals surface area (Å²) in [5.41, 5.74) is 0.210. The lowest BCUT2D eigenvalue weighted by Gasteiger charge is -2.36. The number of aromatic nitrogens is 4. The van der Waals surface area contributed by atoms with Gasteiger partial charge in [0.2, 0.25) is 11.8 Å². The second kappa shape index (κ2) is 6.52. The second-order valence-corrected chi connectivity index (χ2v) is 8.82. The zero-order chi connectivity index (χ0) is 19.4. The van der Waals surface area contributed by atoms with Gasteiger partial charge in [0.1, 0.15) is 18.3 Å². The van der Waals surface area contributed by atoms with Crippen molar-refractivity contribution < 1.29 is 14.2 Å². The molecule has 28 heavy (non-hydrogen) atoms. The summed E-state index contributed by atoms with van der Waals surface area (Å²) < 4.78 is 20.2. The SMILES string of the molecule is CC1(O)CCCN(c2nc(OC[C@@]34CCCN3C[C@H](F)C4)c3[nH]cnc3n2)C1. The van der Waals surface area contributed by atoms with E-state index < -0.39 is 11.8 Å². The molecule has 0 bridgehead atoms. The quantitative estimate of drug-likeness (QED) is 0.820. The molecule has 0 amide bonds. The second-order valence-electron chi connectivity index (χ2n) is 8.82. The third-order valence-corrected chi connectivity index (χ3v) is 6.44. The van der Waals surface area contributed by atoms with Gasteiger partial charge in [-0.05, 0) is 39.2 Å². The lowest BCUT2D eigenvalue weighted by Crippen LogP contribution is -2.47. The summed E-state index contributed by atoms with van der Waals surface area (Å²) in [5, 5.41) is 10.4. The van der Waals surface area contributed by atoms with Crippen molar-refractivity contribution in [2.45, 2.75) is 56.3 Å². The number of fused-ring (bicyclic) bond motifs is 2. The first kappa shape index (κ1) is 18.1. The number of hydrogen-bond acceptors (Lipinski definition) is 7. The average Bonchev–Trinajstić information content (AvgIpc) is 3.32. The molecule has 1 unspecified atom stereocenters. The Balaban J connectivity index is 1.42. The normalized spacial score (nSPS) is 33.5. The first-order valence-electron chi connectivity index (χ1n) is 10.1. The summed E-state index contributed by atoms with van der Waals surface area (Å²) in [6.45, 7) is 4.94. The number of halogens is 1. The molecule has 0 spiro atoms. The predicted molar refractivity (Wildman–Crippen MR) is 102 cm³/mol. The maximum Gasteiger partial charge on any atom is 0.245 e. The number of rotatable bonds is 4. The van der Waals surface area contributed by atoms with Gasteiger partial charge in [-0.15, -0.1) is 0 Å². The molecule has 0 saturated carbocycles. The smallest absolute Gasteiger partial charge is 0.245 e. The van der Waals surface area contributed by atoms with E-state index >= 15 is 0 Å². The number of β-amino-alcohol motifs (C(OH)–C–C–N with tert-alkyl or cyclic N) is 1. The van der Waals surface area contributed by atoms with Gasteiger partial charge in [-0.1, -0.05) is 0 Å². The molecule has 3 aliphatic rings. The molecule has 2 aromatic rings. The molecule has 0 aliphatic carbocycles. The van der Waals surface area contributed by atoms with Gasteiger partial charge < -0.3 is 19.7 Å². The number of nitrogens with one attached hydrogen (secondary N) is 1. The molecule has 3 saturated heterocycles. The number of nitrogens with zero attached hydrogens (tertiary/aromatic N) is 5. The highest BCUT2D eigenvalue weighted by Gasteiger charge is 2.49. The van der Waals surface area contributed by atoms with Crippen LogP contribution in [-0.2, 0) is 0 Å². The minimum atomic E-state index is -0.785. The van der Waals surface area contributed by atoms with E-state index in [2.05, 4.69) is 24.8 Å². The predicted octanol–water partition coefficient (Wildman–Crippen LogP) is 1.66. The highest BCUT2D eigenvalue weighted by atomic mass is 19.1. The van der Waals surface area contributed by atoms with E-state index in [0.717, 1.165) is 38.8 Å². The van der Waals surface area contributed by atoms with Crippen molar-refractivity contribution in [3.63, 3.8) is 0 Å². The Morgan fingerprint density at radius 1 is 1.32 bits per heavy atom. The lowest BCUT2D eigenvalue weighted by atomic mass is 9.95. The third kappa shape index (κ3) is 3.10. The van der Waals surface area contributed by atoms with E-state index in [1.165, 1.54) is 0 Å². The number of aliphatic hydroxyl groups is 1. The fourth-order valence-electron chi connectivity index (χ4n) is 5.08. The van der Waals surface area contributed by atoms with Gasteiger partial charge in [-0.25, -0.2) is 9.37 Å². The van der Waals surface area contributed by atoms with Crippen molar-refractivity contribution in [1.82, 2.24) is 24.8 Å². The third-order valence-electron chi connectivity index (χ3n) is 6.44. The van der Waals surface area contributed by atoms with Crippen LogP contribution in [0.25, 0.3) is 11.2 Å². The summed E-state index contributed by atoms with van der Waals surface area (Å²) in [7, 11) is 0. The first-order chi connectivity index (χ1) is 13.4. The van der Waals surface area contributed by atoms with Crippen LogP contribution in [0.4, 0.5) is 10.3 Å². The van der Waals surface area contributed by atoms with Crippen LogP contribution in [-0.4, -0.2) is 80.0 Å². The van der Waals surface area contributed by atoms with Crippen LogP contribution in [0, 0.1) is 0 Å². The molecule has 3 atom stereocenters. The summed E-state index contributed by atoms with van der Waals surface area (Å²) >= 11 is 0. The number of piperidine rings is 1. The van der Waals surface area contributed by atoms with E-state index in [4.69, 9.17) is 4.74 Å². The Hall–Kier alpha value is -2.00. The van der Waals surface area contributed by atoms with Gasteiger partial charge in [0.25, 0.3) is 0 Å². The molecule has 0 aromatic carbocycles. The van der Waals surface area contributed by atoms with E-state index in [9.17, 15) is 9.50 Å². The van der Waals surface area contributed by atoms with Crippen LogP contribution in [0.1, 0.15) is 39.0 Å². The minimum absolute atomic E-state index is 0.230. The lowest BCUT2D eigenvalue weighted by molar-refractivity contribution is 0.0444. The average molecular weight is 390 g/mol. The Labute approximate surface area is 163 Å². The first-order valence-corrected chi connectivity index (χ1v) is 10.1. The van der Waals surface area contributed by atoms with Crippen LogP contribution in [0.2, 0.25) is 0 Å². The molecular formula is C19H27FN6O2. The molecule has 2 N–H and O–H groups in total. The van der Waals surface area contributed by atoms with Gasteiger partial charge in [0.15, 0.2) is 5.65 Å². The number of alkyl halides is 1. The number of H-pyrrole nitrogens is 1. The number of aromatic amines is 1. The van der Waals surface area contributed by atoms with Crippen LogP contribution >= 0.6 is 0 Å². The van der Waals surface area contributed by atoms with Crippen LogP contribution < -0.4 is 9.64 Å². The molecule has 8 nitrogen and oxygen atoms in total. The minimum Gasteiger partial charge on any atom is -0.474 e. The largest absolute Gasteiger partial charge is 0.474 e. The van der Waals surface area contributed by atoms with Crippen LogP contribution in [0.3, 0.4) is 0 Å². The van der Waals surface area contributed by atoms with Gasteiger partial charge in [-0.3, -0.25) is 4.90 Å². The Morgan fingerprint density at radius 3 is 3.04 bits per heavy atom. The fraction of sp³-hybridized carbons (Fsp3) is 0.737. The van der Waals surface area contributed by atoms with E-state index in [1.54, 1.807) is 6.33 Å². The molecule has 3 aliphatic heterocycles. The zero-order valence-corrected chi connectivity index (χ0v) is 16.2. The number of imidazole rings is 1. The van der Waals surface area contributed by atoms with Crippen molar-refractivity contribution in [3.05, 3.63) is 6.33 Å². The number of anilines is 1. The molecule has 5 rings (SSSR count). The van der Waals surface area contributed by atoms with Gasteiger partial charge >= 0.3 is 0 Å². The molecule has 5 heterocycles. The van der Waals surface area contributed by atoms with E-state index in [0.29, 0.717) is 49.1 Å². The van der Waals surface area contributed by atoms with Gasteiger partial charge in [0.05, 0.1) is 17.5 Å². The molecule has 9 heteroatoms. The number of ether oxygens (including phenoxy) is 1. The monoisotopic (exact) mass is 390 g/mol. The Bertz CT molecular complexity index is 873. The molecule has 152 valence electrons. The van der Waals surface area contributed by atoms with Crippen molar-refractivity contribution in [2.24, 2.45) is 0 Å². The van der Waals surface area contributed by atoms with Crippen molar-refractivity contribution >= 4 is 17.1 Å². The highest BCUT2D eigenvalue weighted by Crippen LogP contribution is 2.40. The Morgan fingerprint density at radius 2 is 2.18 bits per heavy atom. The van der Waals surface area contributed by atoms with Gasteiger partial charge in [0, 0.05) is 26.1 Å². The summed E-state index contributed by atoms with van der Waals surface area (Å²) in [6.07, 6.45) is 4.98. The summed E-state index contributed by atoms with van der Waals surface area (Å²) in [5.74, 6) is 0.969. The molecule has 3 fully saturated rings. The maximum atomic E-state index is 14.0. The standard InChI is InChI=1S/C19H27FN6O2/c1-18(27)4-2-6-25(10-18)17-23-15-14(21-12-22-15)16(24-17)28-11-19-5-3-7-26(19)9-13(20)8-19/h12-13,27H,2-11H2,1H3,(H,21,22,23,24)/t13-,18?,19+/m1/s1. The summed E-state index contributed by atoms with van der Waals surface area (Å²) in [6, 6.07) is 0. The summed E-state index contributed by atoms with van der Waals surface area (Å²) in [4.78, 5) is 20.8. The number of hydrogen-bond donors (Lipinski definition) is 2. The zero-order valence-electron chi connectivity index (χ0n) is 16.2. The van der Waals surface area contributed by atoms with Crippen LogP contribution in [0.5, 0.6) is 5.88 Å². The molecule has 0 radical (unpaired) electrons. The van der Waals surface area contributed by atoms with Gasteiger partial charge in [-0.2, -0.15) is 9.97 Å². The van der Waals surface area contributed by atoms with Crippen molar-refractivity contribution in [3.8, 4) is 5.88 Å². The van der Waals surface area contributed by atoms with E-state index in [1.807, 2.05) is 11.8 Å². The molecule has 2 aromatic heterocycles. The van der Waals surface area contributed by atoms with E-state index in [-0.39, 0.29) is 5.54 Å².